The summed E-state index contributed by atoms with van der Waals surface area (Å²) in [5.41, 5.74) is 4.66. The number of hydroxylamine groups is 1. The van der Waals surface area contributed by atoms with E-state index in [1.165, 1.54) is 0 Å². The zero-order chi connectivity index (χ0) is 12.0. The molecule has 0 radical (unpaired) electrons. The Labute approximate surface area is 100 Å². The lowest BCUT2D eigenvalue weighted by atomic mass is 10.2. The van der Waals surface area contributed by atoms with Gasteiger partial charge in [-0.2, -0.15) is 0 Å². The molecule has 0 fully saturated rings. The summed E-state index contributed by atoms with van der Waals surface area (Å²) < 4.78 is 0. The Morgan fingerprint density at radius 1 is 1.31 bits per heavy atom. The lowest BCUT2D eigenvalue weighted by molar-refractivity contribution is -0.110. The highest BCUT2D eigenvalue weighted by molar-refractivity contribution is 6.67. The Morgan fingerprint density at radius 3 is 2.44 bits per heavy atom. The maximum Gasteiger partial charge on any atom is 0.270 e. The Bertz CT molecular complexity index is 383. The molecule has 0 aliphatic carbocycles. The smallest absolute Gasteiger partial charge is 0.270 e. The predicted molar refractivity (Wildman–Crippen MR) is 63.6 cm³/mol. The molecule has 1 aromatic rings. The molecule has 0 saturated carbocycles. The molecule has 0 aliphatic heterocycles. The summed E-state index contributed by atoms with van der Waals surface area (Å²) in [5, 5.41) is -0.548. The maximum absolute atomic E-state index is 11.0. The monoisotopic (exact) mass is 239 g/mol. The largest absolute Gasteiger partial charge is 0.274 e. The van der Waals surface area contributed by atoms with Crippen molar-refractivity contribution in [1.82, 2.24) is 5.48 Å². The zero-order valence-corrected chi connectivity index (χ0v) is 10.0. The van der Waals surface area contributed by atoms with Crippen molar-refractivity contribution in [2.45, 2.75) is 20.5 Å². The van der Waals surface area contributed by atoms with Gasteiger partial charge in [-0.25, -0.2) is 0 Å². The number of hydrogen-bond donors (Lipinski definition) is 1. The SMILES string of the molecule is CC(C)=C(NOCc1ccccc1)C(=O)Cl. The quantitative estimate of drug-likeness (QED) is 0.488. The molecule has 0 heterocycles. The van der Waals surface area contributed by atoms with Gasteiger partial charge in [0.1, 0.15) is 5.70 Å². The second-order valence-electron chi connectivity index (χ2n) is 3.53. The highest BCUT2D eigenvalue weighted by Crippen LogP contribution is 2.05. The predicted octanol–water partition coefficient (Wildman–Crippen LogP) is 2.77. The Hall–Kier alpha value is -1.32. The summed E-state index contributed by atoms with van der Waals surface area (Å²) in [4.78, 5) is 16.2. The van der Waals surface area contributed by atoms with Crippen LogP contribution in [0.5, 0.6) is 0 Å². The van der Waals surface area contributed by atoms with Gasteiger partial charge in [-0.05, 0) is 36.6 Å². The van der Waals surface area contributed by atoms with Crippen molar-refractivity contribution in [3.63, 3.8) is 0 Å². The summed E-state index contributed by atoms with van der Waals surface area (Å²) in [7, 11) is 0. The second kappa shape index (κ2) is 6.30. The van der Waals surface area contributed by atoms with Crippen molar-refractivity contribution >= 4 is 16.8 Å². The third-order valence-corrected chi connectivity index (χ3v) is 2.14. The highest BCUT2D eigenvalue weighted by Gasteiger charge is 2.07. The van der Waals surface area contributed by atoms with Crippen LogP contribution in [0.3, 0.4) is 0 Å². The van der Waals surface area contributed by atoms with Crippen LogP contribution >= 0.6 is 11.6 Å². The number of rotatable bonds is 5. The van der Waals surface area contributed by atoms with Gasteiger partial charge in [0.2, 0.25) is 0 Å². The van der Waals surface area contributed by atoms with E-state index < -0.39 is 5.24 Å². The van der Waals surface area contributed by atoms with Gasteiger partial charge < -0.3 is 0 Å². The Morgan fingerprint density at radius 2 is 1.94 bits per heavy atom. The van der Waals surface area contributed by atoms with Gasteiger partial charge in [0, 0.05) is 0 Å². The van der Waals surface area contributed by atoms with E-state index in [-0.39, 0.29) is 5.70 Å². The zero-order valence-electron chi connectivity index (χ0n) is 9.29. The minimum Gasteiger partial charge on any atom is -0.274 e. The molecule has 4 heteroatoms. The van der Waals surface area contributed by atoms with Gasteiger partial charge in [-0.3, -0.25) is 15.1 Å². The van der Waals surface area contributed by atoms with E-state index in [4.69, 9.17) is 16.4 Å². The molecule has 0 aromatic heterocycles. The summed E-state index contributed by atoms with van der Waals surface area (Å²) in [6, 6.07) is 9.65. The molecule has 16 heavy (non-hydrogen) atoms. The number of benzene rings is 1. The van der Waals surface area contributed by atoms with Gasteiger partial charge in [0.25, 0.3) is 5.24 Å². The van der Waals surface area contributed by atoms with Gasteiger partial charge in [0.15, 0.2) is 0 Å². The first-order valence-electron chi connectivity index (χ1n) is 4.90. The molecule has 0 aliphatic rings. The summed E-state index contributed by atoms with van der Waals surface area (Å²) in [6.07, 6.45) is 0. The molecule has 3 nitrogen and oxygen atoms in total. The van der Waals surface area contributed by atoms with E-state index >= 15 is 0 Å². The van der Waals surface area contributed by atoms with Crippen molar-refractivity contribution < 1.29 is 9.63 Å². The van der Waals surface area contributed by atoms with Crippen molar-refractivity contribution in [3.05, 3.63) is 47.2 Å². The van der Waals surface area contributed by atoms with Crippen LogP contribution in [0.15, 0.2) is 41.6 Å². The Balaban J connectivity index is 2.47. The summed E-state index contributed by atoms with van der Waals surface area (Å²) in [5.74, 6) is 0. The summed E-state index contributed by atoms with van der Waals surface area (Å²) in [6.45, 7) is 3.95. The van der Waals surface area contributed by atoms with Crippen LogP contribution in [0.2, 0.25) is 0 Å². The lowest BCUT2D eigenvalue weighted by Crippen LogP contribution is -2.19. The van der Waals surface area contributed by atoms with Crippen molar-refractivity contribution in [1.29, 1.82) is 0 Å². The first kappa shape index (κ1) is 12.7. The number of carbonyl (C=O) groups excluding carboxylic acids is 1. The normalized spacial score (nSPS) is 9.69. The maximum atomic E-state index is 11.0. The van der Waals surface area contributed by atoms with E-state index in [9.17, 15) is 4.79 Å². The first-order chi connectivity index (χ1) is 7.61. The number of halogens is 1. The topological polar surface area (TPSA) is 38.3 Å². The van der Waals surface area contributed by atoms with E-state index in [1.54, 1.807) is 13.8 Å². The van der Waals surface area contributed by atoms with E-state index in [0.29, 0.717) is 6.61 Å². The molecule has 86 valence electrons. The van der Waals surface area contributed by atoms with Crippen LogP contribution < -0.4 is 5.48 Å². The van der Waals surface area contributed by atoms with Gasteiger partial charge >= 0.3 is 0 Å². The van der Waals surface area contributed by atoms with Crippen molar-refractivity contribution in [3.8, 4) is 0 Å². The number of allylic oxidation sites excluding steroid dienone is 2. The fourth-order valence-corrected chi connectivity index (χ4v) is 1.33. The molecule has 1 aromatic carbocycles. The molecular weight excluding hydrogens is 226 g/mol. The van der Waals surface area contributed by atoms with Gasteiger partial charge in [-0.1, -0.05) is 30.3 Å². The van der Waals surface area contributed by atoms with Crippen LogP contribution in [-0.2, 0) is 16.2 Å². The van der Waals surface area contributed by atoms with Crippen molar-refractivity contribution in [2.75, 3.05) is 0 Å². The van der Waals surface area contributed by atoms with Crippen LogP contribution in [0.4, 0.5) is 0 Å². The average molecular weight is 240 g/mol. The van der Waals surface area contributed by atoms with E-state index in [1.807, 2.05) is 30.3 Å². The van der Waals surface area contributed by atoms with Crippen LogP contribution in [0.25, 0.3) is 0 Å². The standard InChI is InChI=1S/C12H14ClNO2/c1-9(2)11(12(13)15)14-16-8-10-6-4-3-5-7-10/h3-7,14H,8H2,1-2H3. The molecule has 0 unspecified atom stereocenters. The van der Waals surface area contributed by atoms with Crippen LogP contribution in [0, 0.1) is 0 Å². The minimum absolute atomic E-state index is 0.289. The first-order valence-corrected chi connectivity index (χ1v) is 5.28. The average Bonchev–Trinajstić information content (AvgIpc) is 2.24. The lowest BCUT2D eigenvalue weighted by Gasteiger charge is -2.09. The second-order valence-corrected chi connectivity index (χ2v) is 3.87. The molecule has 0 atom stereocenters. The molecule has 0 spiro atoms. The van der Waals surface area contributed by atoms with Gasteiger partial charge in [-0.15, -0.1) is 0 Å². The molecule has 1 N–H and O–H groups in total. The van der Waals surface area contributed by atoms with E-state index in [0.717, 1.165) is 11.1 Å². The van der Waals surface area contributed by atoms with Crippen molar-refractivity contribution in [2.24, 2.45) is 0 Å². The summed E-state index contributed by atoms with van der Waals surface area (Å²) >= 11 is 5.38. The molecule has 0 bridgehead atoms. The Kier molecular flexibility index (Phi) is 5.02. The fraction of sp³-hybridized carbons (Fsp3) is 0.250. The molecule has 0 saturated heterocycles. The third kappa shape index (κ3) is 4.04. The molecular formula is C12H14ClNO2. The molecule has 1 rings (SSSR count). The van der Waals surface area contributed by atoms with E-state index in [2.05, 4.69) is 5.48 Å². The minimum atomic E-state index is -0.548. The number of carbonyl (C=O) groups is 1. The fourth-order valence-electron chi connectivity index (χ4n) is 1.10. The van der Waals surface area contributed by atoms with Gasteiger partial charge in [0.05, 0.1) is 6.61 Å². The highest BCUT2D eigenvalue weighted by atomic mass is 35.5. The van der Waals surface area contributed by atoms with Crippen LogP contribution in [-0.4, -0.2) is 5.24 Å². The van der Waals surface area contributed by atoms with Crippen LogP contribution in [0.1, 0.15) is 19.4 Å². The molecule has 0 amide bonds. The number of hydrogen-bond acceptors (Lipinski definition) is 3. The third-order valence-electron chi connectivity index (χ3n) is 1.95. The number of nitrogens with one attached hydrogen (secondary N) is 1.